The summed E-state index contributed by atoms with van der Waals surface area (Å²) in [5, 5.41) is 8.21. The summed E-state index contributed by atoms with van der Waals surface area (Å²) >= 11 is 1.54. The van der Waals surface area contributed by atoms with Crippen molar-refractivity contribution in [3.8, 4) is 0 Å². The van der Waals surface area contributed by atoms with Gasteiger partial charge < -0.3 is 19.2 Å². The van der Waals surface area contributed by atoms with Gasteiger partial charge >= 0.3 is 11.9 Å². The smallest absolute Gasteiger partial charge is 0.360 e. The summed E-state index contributed by atoms with van der Waals surface area (Å²) in [5.41, 5.74) is 2.89. The van der Waals surface area contributed by atoms with E-state index in [1.807, 2.05) is 109 Å². The molecule has 0 radical (unpaired) electrons. The third-order valence-electron chi connectivity index (χ3n) is 7.48. The molecule has 0 aliphatic rings. The standard InChI is InChI=1S/C37H37N3O6S/c41-35(38-21-20-33-34(39-26-46-33)37(43)45-25-29-15-8-3-9-16-29)32(23-30-17-10-22-47-30)40-31(19-18-27-11-4-1-5-12-27)36(42)44-24-28-13-6-2-7-14-28/h1-17,22,26,31-32,40H,18-21,23-25H2,(H,38,41)/t31-,32-/m0/s1. The van der Waals surface area contributed by atoms with Gasteiger partial charge in [-0.2, -0.15) is 0 Å². The first kappa shape index (κ1) is 33.3. The van der Waals surface area contributed by atoms with E-state index in [9.17, 15) is 14.4 Å². The van der Waals surface area contributed by atoms with Gasteiger partial charge in [-0.3, -0.25) is 14.9 Å². The van der Waals surface area contributed by atoms with Gasteiger partial charge in [-0.25, -0.2) is 9.78 Å². The van der Waals surface area contributed by atoms with Crippen LogP contribution in [0.3, 0.4) is 0 Å². The van der Waals surface area contributed by atoms with E-state index in [0.29, 0.717) is 25.0 Å². The van der Waals surface area contributed by atoms with Gasteiger partial charge in [0.2, 0.25) is 5.91 Å². The van der Waals surface area contributed by atoms with E-state index in [1.54, 1.807) is 11.3 Å². The lowest BCUT2D eigenvalue weighted by molar-refractivity contribution is -0.148. The number of hydrogen-bond acceptors (Lipinski definition) is 9. The highest BCUT2D eigenvalue weighted by atomic mass is 32.1. The van der Waals surface area contributed by atoms with Crippen LogP contribution in [0.15, 0.2) is 119 Å². The molecule has 0 bridgehead atoms. The van der Waals surface area contributed by atoms with Crippen LogP contribution < -0.4 is 10.6 Å². The minimum atomic E-state index is -0.727. The number of esters is 2. The summed E-state index contributed by atoms with van der Waals surface area (Å²) in [5.74, 6) is -0.992. The van der Waals surface area contributed by atoms with Gasteiger partial charge in [0.25, 0.3) is 0 Å². The number of aromatic nitrogens is 1. The number of ether oxygens (including phenoxy) is 2. The molecule has 0 fully saturated rings. The Hall–Kier alpha value is -5.06. The first-order chi connectivity index (χ1) is 23.0. The number of aryl methyl sites for hydroxylation is 1. The number of nitrogens with one attached hydrogen (secondary N) is 2. The number of carbonyl (C=O) groups is 3. The summed E-state index contributed by atoms with van der Waals surface area (Å²) in [6, 6.07) is 31.2. The quantitative estimate of drug-likeness (QED) is 0.123. The van der Waals surface area contributed by atoms with Crippen molar-refractivity contribution in [2.24, 2.45) is 0 Å². The molecule has 2 heterocycles. The summed E-state index contributed by atoms with van der Waals surface area (Å²) in [7, 11) is 0. The molecule has 0 unspecified atom stereocenters. The van der Waals surface area contributed by atoms with E-state index >= 15 is 0 Å². The maximum Gasteiger partial charge on any atom is 0.360 e. The van der Waals surface area contributed by atoms with Crippen LogP contribution in [0, 0.1) is 0 Å². The largest absolute Gasteiger partial charge is 0.460 e. The monoisotopic (exact) mass is 651 g/mol. The second kappa shape index (κ2) is 17.6. The minimum Gasteiger partial charge on any atom is -0.460 e. The molecule has 3 aromatic carbocycles. The SMILES string of the molecule is O=C(OCc1ccccc1)c1ncoc1CCNC(=O)[C@H](Cc1cccs1)N[C@@H](CCc1ccccc1)C(=O)OCc1ccccc1. The van der Waals surface area contributed by atoms with Gasteiger partial charge in [0.15, 0.2) is 12.1 Å². The van der Waals surface area contributed by atoms with Crippen LogP contribution in [0.1, 0.15) is 44.2 Å². The first-order valence-corrected chi connectivity index (χ1v) is 16.4. The number of rotatable bonds is 17. The van der Waals surface area contributed by atoms with Gasteiger partial charge in [-0.15, -0.1) is 11.3 Å². The summed E-state index contributed by atoms with van der Waals surface area (Å²) in [6.45, 7) is 0.430. The van der Waals surface area contributed by atoms with E-state index < -0.39 is 24.0 Å². The third-order valence-corrected chi connectivity index (χ3v) is 8.37. The highest BCUT2D eigenvalue weighted by Gasteiger charge is 2.28. The lowest BCUT2D eigenvalue weighted by Crippen LogP contribution is -2.52. The van der Waals surface area contributed by atoms with Crippen LogP contribution in [0.25, 0.3) is 0 Å². The molecule has 0 aliphatic heterocycles. The summed E-state index contributed by atoms with van der Waals surface area (Å²) in [4.78, 5) is 44.8. The topological polar surface area (TPSA) is 120 Å². The molecule has 2 aromatic heterocycles. The molecule has 242 valence electrons. The Morgan fingerprint density at radius 1 is 0.745 bits per heavy atom. The molecule has 2 N–H and O–H groups in total. The molecule has 0 spiro atoms. The van der Waals surface area contributed by atoms with E-state index in [1.165, 1.54) is 6.39 Å². The average molecular weight is 652 g/mol. The highest BCUT2D eigenvalue weighted by Crippen LogP contribution is 2.15. The second-order valence-corrected chi connectivity index (χ2v) is 11.9. The molecule has 0 saturated heterocycles. The normalized spacial score (nSPS) is 12.2. The Bertz CT molecular complexity index is 1680. The van der Waals surface area contributed by atoms with E-state index in [4.69, 9.17) is 13.9 Å². The number of thiophene rings is 1. The Labute approximate surface area is 278 Å². The highest BCUT2D eigenvalue weighted by molar-refractivity contribution is 7.09. The lowest BCUT2D eigenvalue weighted by atomic mass is 10.0. The molecule has 2 atom stereocenters. The molecule has 1 amide bonds. The maximum absolute atomic E-state index is 13.6. The van der Waals surface area contributed by atoms with Gasteiger partial charge in [-0.1, -0.05) is 97.1 Å². The van der Waals surface area contributed by atoms with Crippen LogP contribution in [0.5, 0.6) is 0 Å². The van der Waals surface area contributed by atoms with Crippen molar-refractivity contribution in [2.75, 3.05) is 6.54 Å². The summed E-state index contributed by atoms with van der Waals surface area (Å²) in [6.07, 6.45) is 2.87. The maximum atomic E-state index is 13.6. The van der Waals surface area contributed by atoms with Crippen LogP contribution >= 0.6 is 11.3 Å². The van der Waals surface area contributed by atoms with Crippen molar-refractivity contribution in [1.82, 2.24) is 15.6 Å². The zero-order valence-electron chi connectivity index (χ0n) is 25.9. The van der Waals surface area contributed by atoms with E-state index in [-0.39, 0.29) is 37.8 Å². The molecular weight excluding hydrogens is 614 g/mol. The molecule has 5 rings (SSSR count). The van der Waals surface area contributed by atoms with E-state index in [0.717, 1.165) is 21.6 Å². The summed E-state index contributed by atoms with van der Waals surface area (Å²) < 4.78 is 16.6. The van der Waals surface area contributed by atoms with Crippen LogP contribution in [0.2, 0.25) is 0 Å². The van der Waals surface area contributed by atoms with Gasteiger partial charge in [0, 0.05) is 24.3 Å². The Kier molecular flexibility index (Phi) is 12.5. The predicted molar refractivity (Wildman–Crippen MR) is 179 cm³/mol. The molecule has 9 nitrogen and oxygen atoms in total. The lowest BCUT2D eigenvalue weighted by Gasteiger charge is -2.24. The molecular formula is C37H37N3O6S. The Morgan fingerprint density at radius 3 is 2.02 bits per heavy atom. The Morgan fingerprint density at radius 2 is 1.38 bits per heavy atom. The molecule has 47 heavy (non-hydrogen) atoms. The van der Waals surface area contributed by atoms with E-state index in [2.05, 4.69) is 15.6 Å². The number of benzene rings is 3. The zero-order valence-corrected chi connectivity index (χ0v) is 26.7. The molecule has 0 aliphatic carbocycles. The third kappa shape index (κ3) is 10.5. The fourth-order valence-electron chi connectivity index (χ4n) is 4.98. The first-order valence-electron chi connectivity index (χ1n) is 15.5. The zero-order chi connectivity index (χ0) is 32.7. The predicted octanol–water partition coefficient (Wildman–Crippen LogP) is 5.70. The number of nitrogens with zero attached hydrogens (tertiary/aromatic N) is 1. The van der Waals surface area contributed by atoms with Crippen molar-refractivity contribution >= 4 is 29.2 Å². The van der Waals surface area contributed by atoms with Gasteiger partial charge in [-0.05, 0) is 41.0 Å². The number of amides is 1. The molecule has 10 heteroatoms. The second-order valence-electron chi connectivity index (χ2n) is 10.9. The van der Waals surface area contributed by atoms with Crippen LogP contribution in [-0.2, 0) is 51.5 Å². The van der Waals surface area contributed by atoms with Crippen molar-refractivity contribution < 1.29 is 28.3 Å². The number of hydrogen-bond donors (Lipinski definition) is 2. The number of carbonyl (C=O) groups excluding carboxylic acids is 3. The average Bonchev–Trinajstić information content (AvgIpc) is 3.81. The van der Waals surface area contributed by atoms with Gasteiger partial charge in [0.05, 0.1) is 6.04 Å². The number of oxazole rings is 1. The fraction of sp³-hybridized carbons (Fsp3) is 0.243. The van der Waals surface area contributed by atoms with Crippen molar-refractivity contribution in [2.45, 2.75) is 51.0 Å². The molecule has 0 saturated carbocycles. The fourth-order valence-corrected chi connectivity index (χ4v) is 5.73. The van der Waals surface area contributed by atoms with Crippen molar-refractivity contribution in [1.29, 1.82) is 0 Å². The molecule has 5 aromatic rings. The Balaban J connectivity index is 1.22. The van der Waals surface area contributed by atoms with Gasteiger partial charge in [0.1, 0.15) is 25.0 Å². The minimum absolute atomic E-state index is 0.0746. The van der Waals surface area contributed by atoms with Crippen molar-refractivity contribution in [3.63, 3.8) is 0 Å². The van der Waals surface area contributed by atoms with Crippen LogP contribution in [0.4, 0.5) is 0 Å². The van der Waals surface area contributed by atoms with Crippen LogP contribution in [-0.4, -0.2) is 41.5 Å². The van der Waals surface area contributed by atoms with Crippen molar-refractivity contribution in [3.05, 3.63) is 148 Å².